The Labute approximate surface area is 117 Å². The summed E-state index contributed by atoms with van der Waals surface area (Å²) in [4.78, 5) is 20.6. The van der Waals surface area contributed by atoms with Crippen molar-refractivity contribution in [1.82, 2.24) is 5.32 Å². The topological polar surface area (TPSA) is 98.3 Å². The molecule has 0 radical (unpaired) electrons. The van der Waals surface area contributed by atoms with Gasteiger partial charge in [0.15, 0.2) is 0 Å². The fraction of sp³-hybridized carbons (Fsp3) is 0.538. The number of benzene rings is 1. The first-order chi connectivity index (χ1) is 9.16. The van der Waals surface area contributed by atoms with Crippen LogP contribution in [0.1, 0.15) is 26.3 Å². The highest BCUT2D eigenvalue weighted by Crippen LogP contribution is 2.29. The molecule has 0 bridgehead atoms. The lowest BCUT2D eigenvalue weighted by molar-refractivity contribution is -0.394. The maximum Gasteiger partial charge on any atom is 0.279 e. The fourth-order valence-electron chi connectivity index (χ4n) is 2.07. The van der Waals surface area contributed by atoms with Gasteiger partial charge in [-0.15, -0.1) is 0 Å². The average molecular weight is 281 g/mol. The zero-order valence-electron chi connectivity index (χ0n) is 12.0. The van der Waals surface area contributed by atoms with E-state index in [1.807, 2.05) is 20.8 Å². The second-order valence-electron chi connectivity index (χ2n) is 5.74. The molecule has 0 fully saturated rings. The van der Waals surface area contributed by atoms with Crippen LogP contribution in [0.5, 0.6) is 0 Å². The van der Waals surface area contributed by atoms with Gasteiger partial charge in [-0.3, -0.25) is 20.2 Å². The molecule has 1 unspecified atom stereocenters. The lowest BCUT2D eigenvalue weighted by atomic mass is 9.83. The summed E-state index contributed by atoms with van der Waals surface area (Å²) >= 11 is 0. The van der Waals surface area contributed by atoms with E-state index < -0.39 is 9.85 Å². The Hall–Kier alpha value is -2.02. The van der Waals surface area contributed by atoms with Crippen molar-refractivity contribution in [2.45, 2.75) is 33.2 Å². The highest BCUT2D eigenvalue weighted by molar-refractivity contribution is 5.49. The Bertz CT molecular complexity index is 523. The Kier molecular flexibility index (Phi) is 4.78. The lowest BCUT2D eigenvalue weighted by Crippen LogP contribution is -2.39. The van der Waals surface area contributed by atoms with E-state index >= 15 is 0 Å². The number of nitrogens with one attached hydrogen (secondary N) is 1. The fourth-order valence-corrected chi connectivity index (χ4v) is 2.07. The molecule has 7 nitrogen and oxygen atoms in total. The highest BCUT2D eigenvalue weighted by atomic mass is 16.6. The van der Waals surface area contributed by atoms with E-state index in [1.54, 1.807) is 7.05 Å². The Morgan fingerprint density at radius 3 is 2.20 bits per heavy atom. The SMILES string of the molecule is CNC(Cc1ccc([N+](=O)[O-])cc1[N+](=O)[O-])C(C)(C)C. The Balaban J connectivity index is 3.18. The van der Waals surface area contributed by atoms with Crippen molar-refractivity contribution in [3.8, 4) is 0 Å². The van der Waals surface area contributed by atoms with E-state index in [1.165, 1.54) is 12.1 Å². The second-order valence-corrected chi connectivity index (χ2v) is 5.74. The summed E-state index contributed by atoms with van der Waals surface area (Å²) in [5.41, 5.74) is -0.0551. The van der Waals surface area contributed by atoms with Crippen molar-refractivity contribution < 1.29 is 9.85 Å². The zero-order chi connectivity index (χ0) is 15.5. The third kappa shape index (κ3) is 3.74. The largest absolute Gasteiger partial charge is 0.316 e. The van der Waals surface area contributed by atoms with Crippen molar-refractivity contribution in [3.63, 3.8) is 0 Å². The summed E-state index contributed by atoms with van der Waals surface area (Å²) in [6, 6.07) is 3.82. The zero-order valence-corrected chi connectivity index (χ0v) is 12.0. The van der Waals surface area contributed by atoms with Crippen LogP contribution in [0.3, 0.4) is 0 Å². The first kappa shape index (κ1) is 16.0. The van der Waals surface area contributed by atoms with E-state index in [4.69, 9.17) is 0 Å². The summed E-state index contributed by atoms with van der Waals surface area (Å²) in [5.74, 6) is 0. The smallest absolute Gasteiger partial charge is 0.279 e. The van der Waals surface area contributed by atoms with Gasteiger partial charge in [-0.1, -0.05) is 20.8 Å². The molecule has 0 amide bonds. The molecule has 1 aromatic carbocycles. The quantitative estimate of drug-likeness (QED) is 0.660. The van der Waals surface area contributed by atoms with Crippen LogP contribution in [0.2, 0.25) is 0 Å². The van der Waals surface area contributed by atoms with Crippen LogP contribution in [0.4, 0.5) is 11.4 Å². The van der Waals surface area contributed by atoms with Crippen LogP contribution < -0.4 is 5.32 Å². The molecular formula is C13H19N3O4. The molecule has 1 N–H and O–H groups in total. The molecule has 1 atom stereocenters. The van der Waals surface area contributed by atoms with Gasteiger partial charge in [0.2, 0.25) is 0 Å². The van der Waals surface area contributed by atoms with Crippen molar-refractivity contribution in [2.75, 3.05) is 7.05 Å². The van der Waals surface area contributed by atoms with Crippen LogP contribution in [0.25, 0.3) is 0 Å². The van der Waals surface area contributed by atoms with Crippen LogP contribution in [-0.4, -0.2) is 22.9 Å². The summed E-state index contributed by atoms with van der Waals surface area (Å²) in [6.45, 7) is 6.10. The van der Waals surface area contributed by atoms with Crippen molar-refractivity contribution >= 4 is 11.4 Å². The average Bonchev–Trinajstić information content (AvgIpc) is 2.33. The molecule has 110 valence electrons. The van der Waals surface area contributed by atoms with Gasteiger partial charge >= 0.3 is 0 Å². The number of nitrogens with zero attached hydrogens (tertiary/aromatic N) is 2. The third-order valence-corrected chi connectivity index (χ3v) is 3.29. The monoisotopic (exact) mass is 281 g/mol. The van der Waals surface area contributed by atoms with Gasteiger partial charge in [0.05, 0.1) is 15.9 Å². The molecule has 0 aliphatic heterocycles. The van der Waals surface area contributed by atoms with Gasteiger partial charge < -0.3 is 5.32 Å². The highest BCUT2D eigenvalue weighted by Gasteiger charge is 2.27. The maximum atomic E-state index is 11.1. The van der Waals surface area contributed by atoms with Gasteiger partial charge in [-0.25, -0.2) is 0 Å². The molecule has 0 aliphatic rings. The summed E-state index contributed by atoms with van der Waals surface area (Å²) in [5, 5.41) is 24.9. The first-order valence-electron chi connectivity index (χ1n) is 6.25. The van der Waals surface area contributed by atoms with Gasteiger partial charge in [0, 0.05) is 17.7 Å². The summed E-state index contributed by atoms with van der Waals surface area (Å²) < 4.78 is 0. The van der Waals surface area contributed by atoms with Crippen LogP contribution in [0, 0.1) is 25.6 Å². The van der Waals surface area contributed by atoms with Gasteiger partial charge in [-0.05, 0) is 24.9 Å². The van der Waals surface area contributed by atoms with Crippen molar-refractivity contribution in [2.24, 2.45) is 5.41 Å². The minimum Gasteiger partial charge on any atom is -0.316 e. The molecule has 0 heterocycles. The third-order valence-electron chi connectivity index (χ3n) is 3.29. The molecule has 1 rings (SSSR count). The van der Waals surface area contributed by atoms with E-state index in [0.29, 0.717) is 12.0 Å². The number of rotatable bonds is 5. The lowest BCUT2D eigenvalue weighted by Gasteiger charge is -2.30. The minimum atomic E-state index is -0.629. The van der Waals surface area contributed by atoms with Gasteiger partial charge in [0.1, 0.15) is 0 Å². The number of non-ortho nitro benzene ring substituents is 1. The predicted octanol–water partition coefficient (Wildman–Crippen LogP) is 2.68. The second kappa shape index (κ2) is 5.96. The molecule has 1 aromatic rings. The van der Waals surface area contributed by atoms with E-state index in [-0.39, 0.29) is 22.8 Å². The number of likely N-dealkylation sites (N-methyl/N-ethyl adjacent to an activating group) is 1. The molecule has 0 saturated heterocycles. The molecule has 0 saturated carbocycles. The molecule has 7 heteroatoms. The Morgan fingerprint density at radius 2 is 1.80 bits per heavy atom. The number of hydrogen-bond donors (Lipinski definition) is 1. The van der Waals surface area contributed by atoms with E-state index in [0.717, 1.165) is 6.07 Å². The number of hydrogen-bond acceptors (Lipinski definition) is 5. The summed E-state index contributed by atoms with van der Waals surface area (Å²) in [7, 11) is 1.80. The first-order valence-corrected chi connectivity index (χ1v) is 6.25. The number of nitro benzene ring substituents is 2. The Morgan fingerprint density at radius 1 is 1.20 bits per heavy atom. The molecule has 20 heavy (non-hydrogen) atoms. The van der Waals surface area contributed by atoms with E-state index in [9.17, 15) is 20.2 Å². The van der Waals surface area contributed by atoms with Gasteiger partial charge in [-0.2, -0.15) is 0 Å². The molecule has 0 spiro atoms. The molecular weight excluding hydrogens is 262 g/mol. The van der Waals surface area contributed by atoms with Gasteiger partial charge in [0.25, 0.3) is 11.4 Å². The normalized spacial score (nSPS) is 13.0. The van der Waals surface area contributed by atoms with E-state index in [2.05, 4.69) is 5.32 Å². The maximum absolute atomic E-state index is 11.1. The van der Waals surface area contributed by atoms with Crippen molar-refractivity contribution in [1.29, 1.82) is 0 Å². The van der Waals surface area contributed by atoms with Crippen LogP contribution in [0.15, 0.2) is 18.2 Å². The predicted molar refractivity (Wildman–Crippen MR) is 75.8 cm³/mol. The minimum absolute atomic E-state index is 0.0302. The van der Waals surface area contributed by atoms with Crippen LogP contribution >= 0.6 is 0 Å². The molecule has 0 aliphatic carbocycles. The van der Waals surface area contributed by atoms with Crippen LogP contribution in [-0.2, 0) is 6.42 Å². The number of nitro groups is 2. The van der Waals surface area contributed by atoms with Crippen molar-refractivity contribution in [3.05, 3.63) is 44.0 Å². The standard InChI is InChI=1S/C13H19N3O4/c1-13(2,3)12(14-4)7-9-5-6-10(15(17)18)8-11(9)16(19)20/h5-6,8,12,14H,7H2,1-4H3. The molecule has 0 aromatic heterocycles. The summed E-state index contributed by atoms with van der Waals surface area (Å²) in [6.07, 6.45) is 0.439.